The van der Waals surface area contributed by atoms with E-state index in [1.54, 1.807) is 0 Å². The molecule has 0 spiro atoms. The van der Waals surface area contributed by atoms with Crippen molar-refractivity contribution in [3.63, 3.8) is 0 Å². The predicted octanol–water partition coefficient (Wildman–Crippen LogP) is 1.72. The highest BCUT2D eigenvalue weighted by Gasteiger charge is 2.19. The van der Waals surface area contributed by atoms with Crippen LogP contribution in [0.15, 0.2) is 0 Å². The molecule has 1 saturated carbocycles. The third-order valence-corrected chi connectivity index (χ3v) is 2.74. The van der Waals surface area contributed by atoms with Crippen LogP contribution in [0.1, 0.15) is 25.7 Å². The molecule has 0 heterocycles. The molecule has 1 fully saturated rings. The second-order valence-corrected chi connectivity index (χ2v) is 3.94. The molecule has 2 nitrogen and oxygen atoms in total. The molecular weight excluding hydrogens is 182 g/mol. The Morgan fingerprint density at radius 3 is 2.33 bits per heavy atom. The third-order valence-electron chi connectivity index (χ3n) is 2.10. The van der Waals surface area contributed by atoms with E-state index in [4.69, 9.17) is 5.73 Å². The lowest BCUT2D eigenvalue weighted by atomic mass is 9.93. The molecule has 0 atom stereocenters. The number of nitrogens with one attached hydrogen (secondary N) is 1. The predicted molar refractivity (Wildman–Crippen MR) is 47.0 cm³/mol. The minimum atomic E-state index is -2.32. The van der Waals surface area contributed by atoms with E-state index in [1.165, 1.54) is 0 Å². The first-order chi connectivity index (χ1) is 5.68. The van der Waals surface area contributed by atoms with Crippen LogP contribution in [0.3, 0.4) is 0 Å². The summed E-state index contributed by atoms with van der Waals surface area (Å²) in [5, 5.41) is 0. The average Bonchev–Trinajstić information content (AvgIpc) is 2.03. The van der Waals surface area contributed by atoms with Gasteiger partial charge in [-0.25, -0.2) is 0 Å². The van der Waals surface area contributed by atoms with E-state index in [1.807, 2.05) is 0 Å². The Morgan fingerprint density at radius 2 is 1.83 bits per heavy atom. The fourth-order valence-corrected chi connectivity index (χ4v) is 1.92. The van der Waals surface area contributed by atoms with Crippen LogP contribution < -0.4 is 10.5 Å². The van der Waals surface area contributed by atoms with E-state index in [-0.39, 0.29) is 12.1 Å². The Kier molecular flexibility index (Phi) is 4.25. The van der Waals surface area contributed by atoms with E-state index >= 15 is 0 Å². The van der Waals surface area contributed by atoms with Gasteiger partial charge in [-0.1, -0.05) is 0 Å². The van der Waals surface area contributed by atoms with Crippen molar-refractivity contribution in [2.75, 3.05) is 0 Å². The molecular formula is C7H14F2N2S. The summed E-state index contributed by atoms with van der Waals surface area (Å²) in [7, 11) is 0. The Hall–Kier alpha value is 0.130. The lowest BCUT2D eigenvalue weighted by Gasteiger charge is -2.26. The number of halogens is 2. The van der Waals surface area contributed by atoms with E-state index in [0.29, 0.717) is 11.9 Å². The number of alkyl halides is 2. The Bertz CT molecular complexity index is 127. The maximum atomic E-state index is 11.7. The van der Waals surface area contributed by atoms with Crippen LogP contribution in [0, 0.1) is 0 Å². The highest BCUT2D eigenvalue weighted by Crippen LogP contribution is 2.20. The fourth-order valence-electron chi connectivity index (χ4n) is 1.38. The smallest absolute Gasteiger partial charge is 0.297 e. The summed E-state index contributed by atoms with van der Waals surface area (Å²) in [5.41, 5.74) is 5.67. The largest absolute Gasteiger partial charge is 0.328 e. The summed E-state index contributed by atoms with van der Waals surface area (Å²) in [6.45, 7) is 0. The minimum Gasteiger partial charge on any atom is -0.328 e. The van der Waals surface area contributed by atoms with Gasteiger partial charge in [-0.3, -0.25) is 4.72 Å². The number of nitrogens with two attached hydrogens (primary N) is 1. The summed E-state index contributed by atoms with van der Waals surface area (Å²) in [6.07, 6.45) is 3.73. The van der Waals surface area contributed by atoms with Crippen molar-refractivity contribution < 1.29 is 8.78 Å². The molecule has 1 rings (SSSR count). The van der Waals surface area contributed by atoms with Crippen LogP contribution in [-0.2, 0) is 0 Å². The standard InChI is InChI=1S/C7H14F2N2S/c8-7(9)12-11-6-3-1-5(10)2-4-6/h5-7,11H,1-4,10H2. The van der Waals surface area contributed by atoms with Crippen molar-refractivity contribution in [2.24, 2.45) is 5.73 Å². The van der Waals surface area contributed by atoms with E-state index in [0.717, 1.165) is 25.7 Å². The lowest BCUT2D eigenvalue weighted by molar-refractivity contribution is 0.249. The van der Waals surface area contributed by atoms with Crippen molar-refractivity contribution in [1.82, 2.24) is 4.72 Å². The average molecular weight is 196 g/mol. The van der Waals surface area contributed by atoms with Gasteiger partial charge < -0.3 is 5.73 Å². The Balaban J connectivity index is 2.09. The maximum absolute atomic E-state index is 11.7. The van der Waals surface area contributed by atoms with Crippen LogP contribution in [0.25, 0.3) is 0 Å². The lowest BCUT2D eigenvalue weighted by Crippen LogP contribution is -2.34. The molecule has 1 aliphatic carbocycles. The van der Waals surface area contributed by atoms with Gasteiger partial charge in [0.15, 0.2) is 0 Å². The quantitative estimate of drug-likeness (QED) is 0.675. The molecule has 0 unspecified atom stereocenters. The fraction of sp³-hybridized carbons (Fsp3) is 1.00. The monoisotopic (exact) mass is 196 g/mol. The van der Waals surface area contributed by atoms with Gasteiger partial charge in [-0.05, 0) is 37.6 Å². The highest BCUT2D eigenvalue weighted by atomic mass is 32.2. The molecule has 1 aliphatic rings. The molecule has 0 aromatic rings. The normalized spacial score (nSPS) is 31.0. The van der Waals surface area contributed by atoms with Crippen LogP contribution in [-0.4, -0.2) is 17.8 Å². The van der Waals surface area contributed by atoms with Crippen molar-refractivity contribution in [3.05, 3.63) is 0 Å². The molecule has 0 aromatic heterocycles. The first-order valence-electron chi connectivity index (χ1n) is 4.13. The van der Waals surface area contributed by atoms with Gasteiger partial charge in [0.05, 0.1) is 0 Å². The zero-order valence-electron chi connectivity index (χ0n) is 6.80. The van der Waals surface area contributed by atoms with E-state index < -0.39 is 5.76 Å². The molecule has 0 radical (unpaired) electrons. The van der Waals surface area contributed by atoms with Gasteiger partial charge in [0.25, 0.3) is 5.76 Å². The van der Waals surface area contributed by atoms with E-state index in [2.05, 4.69) is 4.72 Å². The van der Waals surface area contributed by atoms with Crippen molar-refractivity contribution in [1.29, 1.82) is 0 Å². The van der Waals surface area contributed by atoms with Gasteiger partial charge in [-0.15, -0.1) is 0 Å². The zero-order valence-corrected chi connectivity index (χ0v) is 7.62. The summed E-state index contributed by atoms with van der Waals surface area (Å²) in [4.78, 5) is 0. The van der Waals surface area contributed by atoms with Gasteiger partial charge in [0.1, 0.15) is 0 Å². The van der Waals surface area contributed by atoms with Crippen LogP contribution in [0.5, 0.6) is 0 Å². The molecule has 72 valence electrons. The molecule has 0 bridgehead atoms. The van der Waals surface area contributed by atoms with Gasteiger partial charge >= 0.3 is 0 Å². The maximum Gasteiger partial charge on any atom is 0.297 e. The van der Waals surface area contributed by atoms with Crippen LogP contribution in [0.2, 0.25) is 0 Å². The van der Waals surface area contributed by atoms with Crippen LogP contribution in [0.4, 0.5) is 8.78 Å². The third kappa shape index (κ3) is 3.69. The van der Waals surface area contributed by atoms with Crippen molar-refractivity contribution in [2.45, 2.75) is 43.5 Å². The first-order valence-corrected chi connectivity index (χ1v) is 5.01. The summed E-state index contributed by atoms with van der Waals surface area (Å²) >= 11 is 0.515. The molecule has 0 aromatic carbocycles. The molecule has 12 heavy (non-hydrogen) atoms. The second kappa shape index (κ2) is 4.99. The first kappa shape index (κ1) is 10.2. The summed E-state index contributed by atoms with van der Waals surface area (Å²) in [5.74, 6) is -2.32. The SMILES string of the molecule is NC1CCC(NSC(F)F)CC1. The second-order valence-electron chi connectivity index (χ2n) is 3.11. The number of hydrogen-bond acceptors (Lipinski definition) is 3. The molecule has 0 aliphatic heterocycles. The Labute approximate surface area is 75.4 Å². The van der Waals surface area contributed by atoms with Gasteiger partial charge in [0.2, 0.25) is 0 Å². The van der Waals surface area contributed by atoms with E-state index in [9.17, 15) is 8.78 Å². The Morgan fingerprint density at radius 1 is 1.25 bits per heavy atom. The molecule has 0 amide bonds. The van der Waals surface area contributed by atoms with Crippen molar-refractivity contribution in [3.8, 4) is 0 Å². The molecule has 0 saturated heterocycles. The number of hydrogen-bond donors (Lipinski definition) is 2. The summed E-state index contributed by atoms with van der Waals surface area (Å²) in [6, 6.07) is 0.503. The van der Waals surface area contributed by atoms with Gasteiger partial charge in [0, 0.05) is 12.1 Å². The topological polar surface area (TPSA) is 38.0 Å². The molecule has 5 heteroatoms. The van der Waals surface area contributed by atoms with Crippen LogP contribution >= 0.6 is 11.9 Å². The summed E-state index contributed by atoms with van der Waals surface area (Å²) < 4.78 is 26.2. The number of rotatable bonds is 3. The zero-order chi connectivity index (χ0) is 8.97. The van der Waals surface area contributed by atoms with Gasteiger partial charge in [-0.2, -0.15) is 8.78 Å². The van der Waals surface area contributed by atoms with Crippen molar-refractivity contribution >= 4 is 11.9 Å². The highest BCUT2D eigenvalue weighted by molar-refractivity contribution is 7.97. The molecule has 3 N–H and O–H groups in total. The minimum absolute atomic E-state index is 0.226.